The average Bonchev–Trinajstić information content (AvgIpc) is 2.34. The van der Waals surface area contributed by atoms with Crippen LogP contribution in [0.15, 0.2) is 24.3 Å². The van der Waals surface area contributed by atoms with Crippen LogP contribution in [0.25, 0.3) is 0 Å². The van der Waals surface area contributed by atoms with Crippen molar-refractivity contribution < 1.29 is 22.8 Å². The predicted molar refractivity (Wildman–Crippen MR) is 65.9 cm³/mol. The Labute approximate surface area is 111 Å². The molecular formula is C12H10F3NO2S. The van der Waals surface area contributed by atoms with Gasteiger partial charge in [0, 0.05) is 0 Å². The molecule has 102 valence electrons. The summed E-state index contributed by atoms with van der Waals surface area (Å²) < 4.78 is 37.8. The zero-order valence-electron chi connectivity index (χ0n) is 9.90. The van der Waals surface area contributed by atoms with Gasteiger partial charge in [0.2, 0.25) is 11.8 Å². The Kier molecular flexibility index (Phi) is 3.58. The highest BCUT2D eigenvalue weighted by Gasteiger charge is 2.35. The van der Waals surface area contributed by atoms with Crippen LogP contribution in [0.2, 0.25) is 0 Å². The van der Waals surface area contributed by atoms with Gasteiger partial charge < -0.3 is 0 Å². The standard InChI is InChI=1S/C12H10F3NO2S/c1-7-11(18)16(10(17)6-19-7)9-4-2-3-8(5-9)12(13,14)15/h2-5,7H,6H2,1H3. The number of imide groups is 1. The molecule has 1 aliphatic heterocycles. The van der Waals surface area contributed by atoms with Gasteiger partial charge in [-0.25, -0.2) is 4.90 Å². The first-order valence-corrected chi connectivity index (χ1v) is 6.51. The maximum absolute atomic E-state index is 12.6. The molecule has 1 aromatic rings. The third-order valence-corrected chi connectivity index (χ3v) is 3.82. The Morgan fingerprint density at radius 3 is 2.63 bits per heavy atom. The molecule has 0 aliphatic carbocycles. The van der Waals surface area contributed by atoms with Gasteiger partial charge in [0.1, 0.15) is 0 Å². The lowest BCUT2D eigenvalue weighted by atomic mass is 10.1. The molecule has 1 atom stereocenters. The second-order valence-corrected chi connectivity index (χ2v) is 5.40. The maximum atomic E-state index is 12.6. The van der Waals surface area contributed by atoms with Crippen molar-refractivity contribution in [2.24, 2.45) is 0 Å². The topological polar surface area (TPSA) is 37.4 Å². The number of anilines is 1. The molecule has 1 saturated heterocycles. The molecular weight excluding hydrogens is 279 g/mol. The summed E-state index contributed by atoms with van der Waals surface area (Å²) in [5.74, 6) is -0.892. The van der Waals surface area contributed by atoms with Crippen molar-refractivity contribution in [2.75, 3.05) is 10.7 Å². The minimum absolute atomic E-state index is 0.0306. The van der Waals surface area contributed by atoms with E-state index in [2.05, 4.69) is 0 Å². The maximum Gasteiger partial charge on any atom is 0.416 e. The second-order valence-electron chi connectivity index (χ2n) is 4.07. The second kappa shape index (κ2) is 4.88. The van der Waals surface area contributed by atoms with E-state index in [0.717, 1.165) is 17.0 Å². The summed E-state index contributed by atoms with van der Waals surface area (Å²) in [6, 6.07) is 4.23. The quantitative estimate of drug-likeness (QED) is 0.746. The van der Waals surface area contributed by atoms with E-state index in [1.54, 1.807) is 6.92 Å². The fourth-order valence-corrected chi connectivity index (χ4v) is 2.50. The fourth-order valence-electron chi connectivity index (χ4n) is 1.73. The number of hydrogen-bond donors (Lipinski definition) is 0. The van der Waals surface area contributed by atoms with Crippen molar-refractivity contribution in [1.29, 1.82) is 0 Å². The van der Waals surface area contributed by atoms with Crippen LogP contribution in [0.5, 0.6) is 0 Å². The van der Waals surface area contributed by atoms with Gasteiger partial charge in [-0.15, -0.1) is 11.8 Å². The molecule has 0 spiro atoms. The molecule has 0 bridgehead atoms. The molecule has 1 unspecified atom stereocenters. The molecule has 1 heterocycles. The van der Waals surface area contributed by atoms with Gasteiger partial charge in [-0.05, 0) is 25.1 Å². The molecule has 2 amide bonds. The SMILES string of the molecule is CC1SCC(=O)N(c2cccc(C(F)(F)F)c2)C1=O. The number of alkyl halides is 3. The summed E-state index contributed by atoms with van der Waals surface area (Å²) in [5, 5.41) is -0.438. The predicted octanol–water partition coefficient (Wildman–Crippen LogP) is 2.70. The third-order valence-electron chi connectivity index (χ3n) is 2.71. The lowest BCUT2D eigenvalue weighted by Gasteiger charge is -2.28. The van der Waals surface area contributed by atoms with E-state index in [4.69, 9.17) is 0 Å². The smallest absolute Gasteiger partial charge is 0.273 e. The van der Waals surface area contributed by atoms with Crippen LogP contribution in [0.3, 0.4) is 0 Å². The number of hydrogen-bond acceptors (Lipinski definition) is 3. The largest absolute Gasteiger partial charge is 0.416 e. The molecule has 19 heavy (non-hydrogen) atoms. The van der Waals surface area contributed by atoms with Gasteiger partial charge in [0.25, 0.3) is 0 Å². The zero-order chi connectivity index (χ0) is 14.2. The van der Waals surface area contributed by atoms with E-state index in [9.17, 15) is 22.8 Å². The first-order chi connectivity index (χ1) is 8.80. The van der Waals surface area contributed by atoms with Crippen LogP contribution in [0.4, 0.5) is 18.9 Å². The molecule has 1 aromatic carbocycles. The van der Waals surface area contributed by atoms with Crippen molar-refractivity contribution in [3.8, 4) is 0 Å². The van der Waals surface area contributed by atoms with Crippen LogP contribution in [-0.4, -0.2) is 22.8 Å². The van der Waals surface area contributed by atoms with Crippen LogP contribution in [0.1, 0.15) is 12.5 Å². The lowest BCUT2D eigenvalue weighted by molar-refractivity contribution is -0.137. The number of carbonyl (C=O) groups excluding carboxylic acids is 2. The summed E-state index contributed by atoms with van der Waals surface area (Å²) in [5.41, 5.74) is -0.909. The minimum atomic E-state index is -4.50. The fraction of sp³-hybridized carbons (Fsp3) is 0.333. The number of halogens is 3. The molecule has 7 heteroatoms. The summed E-state index contributed by atoms with van der Waals surface area (Å²) in [7, 11) is 0. The number of carbonyl (C=O) groups is 2. The number of nitrogens with zero attached hydrogens (tertiary/aromatic N) is 1. The third kappa shape index (κ3) is 2.75. The van der Waals surface area contributed by atoms with Crippen molar-refractivity contribution in [3.63, 3.8) is 0 Å². The molecule has 3 nitrogen and oxygen atoms in total. The van der Waals surface area contributed by atoms with Crippen LogP contribution in [-0.2, 0) is 15.8 Å². The molecule has 0 N–H and O–H groups in total. The Balaban J connectivity index is 2.40. The number of thioether (sulfide) groups is 1. The first-order valence-electron chi connectivity index (χ1n) is 5.46. The van der Waals surface area contributed by atoms with Crippen molar-refractivity contribution >= 4 is 29.3 Å². The summed E-state index contributed by atoms with van der Waals surface area (Å²) in [6.07, 6.45) is -4.50. The molecule has 2 rings (SSSR count). The molecule has 0 aromatic heterocycles. The van der Waals surface area contributed by atoms with Gasteiger partial charge in [-0.3, -0.25) is 9.59 Å². The molecule has 0 radical (unpaired) electrons. The van der Waals surface area contributed by atoms with Crippen molar-refractivity contribution in [1.82, 2.24) is 0 Å². The monoisotopic (exact) mass is 289 g/mol. The first kappa shape index (κ1) is 13.9. The number of benzene rings is 1. The van der Waals surface area contributed by atoms with E-state index in [1.807, 2.05) is 0 Å². The van der Waals surface area contributed by atoms with Crippen LogP contribution < -0.4 is 4.90 Å². The van der Waals surface area contributed by atoms with Gasteiger partial charge in [0.15, 0.2) is 0 Å². The van der Waals surface area contributed by atoms with Crippen LogP contribution in [0, 0.1) is 0 Å². The Hall–Kier alpha value is -1.50. The van der Waals surface area contributed by atoms with E-state index in [1.165, 1.54) is 23.9 Å². The minimum Gasteiger partial charge on any atom is -0.273 e. The number of amides is 2. The van der Waals surface area contributed by atoms with Gasteiger partial charge in [-0.1, -0.05) is 6.07 Å². The molecule has 1 fully saturated rings. The van der Waals surface area contributed by atoms with Gasteiger partial charge in [0.05, 0.1) is 22.3 Å². The number of rotatable bonds is 1. The normalized spacial score (nSPS) is 20.8. The Morgan fingerprint density at radius 1 is 1.32 bits per heavy atom. The van der Waals surface area contributed by atoms with Crippen LogP contribution >= 0.6 is 11.8 Å². The van der Waals surface area contributed by atoms with Crippen molar-refractivity contribution in [3.05, 3.63) is 29.8 Å². The summed E-state index contributed by atoms with van der Waals surface area (Å²) in [4.78, 5) is 24.4. The van der Waals surface area contributed by atoms with Crippen molar-refractivity contribution in [2.45, 2.75) is 18.3 Å². The lowest BCUT2D eigenvalue weighted by Crippen LogP contribution is -2.46. The Morgan fingerprint density at radius 2 is 2.00 bits per heavy atom. The highest BCUT2D eigenvalue weighted by Crippen LogP contribution is 2.33. The molecule has 0 saturated carbocycles. The summed E-state index contributed by atoms with van der Waals surface area (Å²) in [6.45, 7) is 1.63. The van der Waals surface area contributed by atoms with E-state index < -0.39 is 28.8 Å². The van der Waals surface area contributed by atoms with E-state index >= 15 is 0 Å². The zero-order valence-corrected chi connectivity index (χ0v) is 10.7. The van der Waals surface area contributed by atoms with Gasteiger partial charge >= 0.3 is 6.18 Å². The highest BCUT2D eigenvalue weighted by molar-refractivity contribution is 8.01. The van der Waals surface area contributed by atoms with E-state index in [0.29, 0.717) is 0 Å². The summed E-state index contributed by atoms with van der Waals surface area (Å²) >= 11 is 1.18. The van der Waals surface area contributed by atoms with Gasteiger partial charge in [-0.2, -0.15) is 13.2 Å². The molecule has 1 aliphatic rings. The Bertz CT molecular complexity index is 530. The average molecular weight is 289 g/mol. The van der Waals surface area contributed by atoms with E-state index in [-0.39, 0.29) is 11.4 Å². The highest BCUT2D eigenvalue weighted by atomic mass is 32.2.